The molecule has 94 valence electrons. The van der Waals surface area contributed by atoms with Crippen molar-refractivity contribution in [1.82, 2.24) is 4.98 Å². The first kappa shape index (κ1) is 12.8. The van der Waals surface area contributed by atoms with E-state index in [-0.39, 0.29) is 0 Å². The molecule has 0 unspecified atom stereocenters. The zero-order valence-electron chi connectivity index (χ0n) is 10.7. The summed E-state index contributed by atoms with van der Waals surface area (Å²) in [6, 6.07) is 10.3. The highest BCUT2D eigenvalue weighted by Crippen LogP contribution is 2.25. The van der Waals surface area contributed by atoms with Crippen LogP contribution in [-0.4, -0.2) is 23.6 Å². The molecule has 4 heteroatoms. The minimum absolute atomic E-state index is 0.553. The van der Waals surface area contributed by atoms with Crippen molar-refractivity contribution < 1.29 is 0 Å². The quantitative estimate of drug-likeness (QED) is 0.857. The molecule has 0 aliphatic rings. The number of fused-ring (bicyclic) bond motifs is 1. The number of pyridine rings is 1. The number of rotatable bonds is 4. The van der Waals surface area contributed by atoms with E-state index in [9.17, 15) is 0 Å². The second-order valence-electron chi connectivity index (χ2n) is 4.44. The molecule has 2 N–H and O–H groups in total. The van der Waals surface area contributed by atoms with Gasteiger partial charge in [0.1, 0.15) is 0 Å². The van der Waals surface area contributed by atoms with Crippen molar-refractivity contribution in [2.75, 3.05) is 18.5 Å². The lowest BCUT2D eigenvalue weighted by atomic mass is 10.1. The Bertz CT molecular complexity index is 580. The molecule has 2 rings (SSSR count). The van der Waals surface area contributed by atoms with Crippen molar-refractivity contribution >= 4 is 33.8 Å². The predicted octanol–water partition coefficient (Wildman–Crippen LogP) is 2.66. The van der Waals surface area contributed by atoms with Crippen LogP contribution in [0.4, 0.5) is 5.69 Å². The molecule has 0 atom stereocenters. The lowest BCUT2D eigenvalue weighted by Gasteiger charge is -2.21. The van der Waals surface area contributed by atoms with E-state index in [1.807, 2.05) is 25.1 Å². The summed E-state index contributed by atoms with van der Waals surface area (Å²) in [4.78, 5) is 7.27. The fraction of sp³-hybridized carbons (Fsp3) is 0.286. The molecule has 1 heterocycles. The fourth-order valence-electron chi connectivity index (χ4n) is 2.00. The van der Waals surface area contributed by atoms with Crippen molar-refractivity contribution in [3.63, 3.8) is 0 Å². The van der Waals surface area contributed by atoms with Crippen LogP contribution in [0.2, 0.25) is 0 Å². The molecule has 1 aromatic heterocycles. The minimum Gasteiger partial charge on any atom is -0.393 e. The molecule has 0 bridgehead atoms. The first-order valence-electron chi connectivity index (χ1n) is 5.94. The molecular formula is C14H17N3S. The van der Waals surface area contributed by atoms with Crippen LogP contribution in [0.3, 0.4) is 0 Å². The molecule has 3 nitrogen and oxygen atoms in total. The van der Waals surface area contributed by atoms with Gasteiger partial charge in [0.05, 0.1) is 10.5 Å². The van der Waals surface area contributed by atoms with E-state index in [1.165, 1.54) is 5.69 Å². The zero-order chi connectivity index (χ0) is 13.1. The van der Waals surface area contributed by atoms with Crippen molar-refractivity contribution in [3.05, 3.63) is 36.0 Å². The SMILES string of the molecule is Cc1cc(N(C)CCC(N)=S)c2ccccc2n1. The van der Waals surface area contributed by atoms with E-state index < -0.39 is 0 Å². The van der Waals surface area contributed by atoms with Crippen LogP contribution < -0.4 is 10.6 Å². The second-order valence-corrected chi connectivity index (χ2v) is 4.96. The summed E-state index contributed by atoms with van der Waals surface area (Å²) in [6.07, 6.45) is 0.724. The van der Waals surface area contributed by atoms with Crippen LogP contribution in [0, 0.1) is 6.92 Å². The highest BCUT2D eigenvalue weighted by molar-refractivity contribution is 7.80. The van der Waals surface area contributed by atoms with E-state index in [4.69, 9.17) is 18.0 Å². The van der Waals surface area contributed by atoms with Crippen molar-refractivity contribution in [2.24, 2.45) is 5.73 Å². The Morgan fingerprint density at radius 2 is 2.11 bits per heavy atom. The normalized spacial score (nSPS) is 10.6. The Morgan fingerprint density at radius 1 is 1.39 bits per heavy atom. The van der Waals surface area contributed by atoms with Crippen LogP contribution in [0.25, 0.3) is 10.9 Å². The standard InChI is InChI=1S/C14H17N3S/c1-10-9-13(17(2)8-7-14(15)18)11-5-3-4-6-12(11)16-10/h3-6,9H,7-8H2,1-2H3,(H2,15,18). The number of para-hydroxylation sites is 1. The maximum atomic E-state index is 5.55. The summed E-state index contributed by atoms with van der Waals surface area (Å²) in [5, 5.41) is 1.16. The average molecular weight is 259 g/mol. The van der Waals surface area contributed by atoms with E-state index in [2.05, 4.69) is 29.1 Å². The van der Waals surface area contributed by atoms with Gasteiger partial charge in [-0.1, -0.05) is 30.4 Å². The number of nitrogens with zero attached hydrogens (tertiary/aromatic N) is 2. The largest absolute Gasteiger partial charge is 0.393 e. The van der Waals surface area contributed by atoms with E-state index in [1.54, 1.807) is 0 Å². The number of nitrogens with two attached hydrogens (primary N) is 1. The first-order valence-corrected chi connectivity index (χ1v) is 6.34. The van der Waals surface area contributed by atoms with Crippen LogP contribution in [-0.2, 0) is 0 Å². The number of aryl methyl sites for hydroxylation is 1. The summed E-state index contributed by atoms with van der Waals surface area (Å²) >= 11 is 4.92. The summed E-state index contributed by atoms with van der Waals surface area (Å²) in [5.41, 5.74) is 8.77. The van der Waals surface area contributed by atoms with Gasteiger partial charge in [0, 0.05) is 36.8 Å². The Labute approximate surface area is 113 Å². The molecule has 2 aromatic rings. The van der Waals surface area contributed by atoms with Gasteiger partial charge in [-0.2, -0.15) is 0 Å². The number of hydrogen-bond donors (Lipinski definition) is 1. The number of thiocarbonyl (C=S) groups is 1. The first-order chi connectivity index (χ1) is 8.58. The molecule has 0 amide bonds. The van der Waals surface area contributed by atoms with E-state index in [0.717, 1.165) is 29.6 Å². The van der Waals surface area contributed by atoms with Gasteiger partial charge in [0.25, 0.3) is 0 Å². The van der Waals surface area contributed by atoms with Gasteiger partial charge in [0.2, 0.25) is 0 Å². The molecule has 1 aromatic carbocycles. The molecule has 18 heavy (non-hydrogen) atoms. The molecular weight excluding hydrogens is 242 g/mol. The minimum atomic E-state index is 0.553. The van der Waals surface area contributed by atoms with Gasteiger partial charge in [-0.15, -0.1) is 0 Å². The van der Waals surface area contributed by atoms with E-state index >= 15 is 0 Å². The van der Waals surface area contributed by atoms with Crippen LogP contribution in [0.15, 0.2) is 30.3 Å². The lowest BCUT2D eigenvalue weighted by Crippen LogP contribution is -2.23. The third-order valence-electron chi connectivity index (χ3n) is 2.93. The number of anilines is 1. The molecule has 0 fully saturated rings. The topological polar surface area (TPSA) is 42.1 Å². The third-order valence-corrected chi connectivity index (χ3v) is 3.13. The second kappa shape index (κ2) is 5.31. The molecule has 0 aliphatic carbocycles. The summed E-state index contributed by atoms with van der Waals surface area (Å²) in [7, 11) is 2.06. The smallest absolute Gasteiger partial charge is 0.0745 e. The maximum Gasteiger partial charge on any atom is 0.0745 e. The van der Waals surface area contributed by atoms with Gasteiger partial charge in [-0.05, 0) is 19.1 Å². The zero-order valence-corrected chi connectivity index (χ0v) is 11.5. The summed E-state index contributed by atoms with van der Waals surface area (Å²) in [5.74, 6) is 0. The Kier molecular flexibility index (Phi) is 3.77. The Balaban J connectivity index is 2.39. The Morgan fingerprint density at radius 3 is 2.83 bits per heavy atom. The lowest BCUT2D eigenvalue weighted by molar-refractivity contribution is 0.923. The van der Waals surface area contributed by atoms with Gasteiger partial charge in [-0.3, -0.25) is 4.98 Å². The molecule has 0 aliphatic heterocycles. The van der Waals surface area contributed by atoms with Gasteiger partial charge >= 0.3 is 0 Å². The molecule has 0 saturated heterocycles. The molecule has 0 saturated carbocycles. The fourth-order valence-corrected chi connectivity index (χ4v) is 2.09. The maximum absolute atomic E-state index is 5.55. The van der Waals surface area contributed by atoms with Crippen LogP contribution in [0.5, 0.6) is 0 Å². The average Bonchev–Trinajstić information content (AvgIpc) is 2.34. The highest BCUT2D eigenvalue weighted by atomic mass is 32.1. The van der Waals surface area contributed by atoms with Crippen LogP contribution in [0.1, 0.15) is 12.1 Å². The monoisotopic (exact) mass is 259 g/mol. The molecule has 0 spiro atoms. The predicted molar refractivity (Wildman–Crippen MR) is 81.2 cm³/mol. The summed E-state index contributed by atoms with van der Waals surface area (Å²) in [6.45, 7) is 2.83. The molecule has 0 radical (unpaired) electrons. The number of hydrogen-bond acceptors (Lipinski definition) is 3. The number of aromatic nitrogens is 1. The van der Waals surface area contributed by atoms with Gasteiger partial charge < -0.3 is 10.6 Å². The Hall–Kier alpha value is -1.68. The third kappa shape index (κ3) is 2.76. The van der Waals surface area contributed by atoms with E-state index in [0.29, 0.717) is 4.99 Å². The van der Waals surface area contributed by atoms with Gasteiger partial charge in [0.15, 0.2) is 0 Å². The van der Waals surface area contributed by atoms with Crippen molar-refractivity contribution in [3.8, 4) is 0 Å². The van der Waals surface area contributed by atoms with Crippen molar-refractivity contribution in [2.45, 2.75) is 13.3 Å². The van der Waals surface area contributed by atoms with Crippen LogP contribution >= 0.6 is 12.2 Å². The van der Waals surface area contributed by atoms with Crippen molar-refractivity contribution in [1.29, 1.82) is 0 Å². The summed E-state index contributed by atoms with van der Waals surface area (Å²) < 4.78 is 0. The van der Waals surface area contributed by atoms with Gasteiger partial charge in [-0.25, -0.2) is 0 Å². The number of benzene rings is 1. The highest BCUT2D eigenvalue weighted by Gasteiger charge is 2.08.